The minimum atomic E-state index is -0.505. The smallest absolute Gasteiger partial charge is 0.351 e. The standard InChI is InChI=1S/C13H10N4O2/c1-19-13-16-11(15-12(18)17-13)9-6-8-4-2-3-5-10(8)14-7-9/h2-7H,1H3,(H,15,16,17,18). The second-order valence-electron chi connectivity index (χ2n) is 3.91. The van der Waals surface area contributed by atoms with Gasteiger partial charge in [0.2, 0.25) is 0 Å². The van der Waals surface area contributed by atoms with E-state index in [4.69, 9.17) is 4.74 Å². The fourth-order valence-corrected chi connectivity index (χ4v) is 1.79. The van der Waals surface area contributed by atoms with Gasteiger partial charge in [0.25, 0.3) is 0 Å². The number of methoxy groups -OCH3 is 1. The lowest BCUT2D eigenvalue weighted by molar-refractivity contribution is 0.377. The second-order valence-corrected chi connectivity index (χ2v) is 3.91. The van der Waals surface area contributed by atoms with Crippen molar-refractivity contribution in [3.8, 4) is 17.4 Å². The average molecular weight is 254 g/mol. The molecule has 3 rings (SSSR count). The maximum absolute atomic E-state index is 11.4. The van der Waals surface area contributed by atoms with E-state index in [1.165, 1.54) is 7.11 Å². The summed E-state index contributed by atoms with van der Waals surface area (Å²) < 4.78 is 4.88. The molecule has 1 N–H and O–H groups in total. The van der Waals surface area contributed by atoms with Crippen molar-refractivity contribution in [2.75, 3.05) is 7.11 Å². The summed E-state index contributed by atoms with van der Waals surface area (Å²) in [7, 11) is 1.41. The highest BCUT2D eigenvalue weighted by molar-refractivity contribution is 5.82. The van der Waals surface area contributed by atoms with Gasteiger partial charge in [0.15, 0.2) is 0 Å². The predicted octanol–water partition coefficient (Wildman–Crippen LogP) is 1.39. The molecule has 2 aromatic heterocycles. The van der Waals surface area contributed by atoms with Crippen molar-refractivity contribution in [2.45, 2.75) is 0 Å². The fourth-order valence-electron chi connectivity index (χ4n) is 1.79. The number of ether oxygens (including phenoxy) is 1. The molecular formula is C13H10N4O2. The molecule has 0 atom stereocenters. The van der Waals surface area contributed by atoms with Gasteiger partial charge < -0.3 is 4.74 Å². The van der Waals surface area contributed by atoms with Crippen molar-refractivity contribution >= 4 is 10.9 Å². The van der Waals surface area contributed by atoms with E-state index in [0.29, 0.717) is 11.4 Å². The number of fused-ring (bicyclic) bond motifs is 1. The number of pyridine rings is 1. The summed E-state index contributed by atoms with van der Waals surface area (Å²) in [5.41, 5.74) is 1.08. The molecule has 0 aliphatic rings. The molecule has 19 heavy (non-hydrogen) atoms. The molecule has 0 saturated heterocycles. The Labute approximate surface area is 108 Å². The van der Waals surface area contributed by atoms with Gasteiger partial charge >= 0.3 is 11.7 Å². The number of nitrogens with one attached hydrogen (secondary N) is 1. The molecule has 0 aliphatic carbocycles. The molecule has 0 fully saturated rings. The highest BCUT2D eigenvalue weighted by Crippen LogP contribution is 2.19. The Kier molecular flexibility index (Phi) is 2.68. The van der Waals surface area contributed by atoms with E-state index < -0.39 is 5.69 Å². The summed E-state index contributed by atoms with van der Waals surface area (Å²) in [6.07, 6.45) is 1.65. The summed E-state index contributed by atoms with van der Waals surface area (Å²) in [5.74, 6) is 0.384. The average Bonchev–Trinajstić information content (AvgIpc) is 2.46. The van der Waals surface area contributed by atoms with Crippen LogP contribution in [0.2, 0.25) is 0 Å². The molecule has 6 nitrogen and oxygen atoms in total. The Morgan fingerprint density at radius 1 is 1.21 bits per heavy atom. The maximum Gasteiger partial charge on any atom is 0.351 e. The van der Waals surface area contributed by atoms with Crippen molar-refractivity contribution < 1.29 is 4.74 Å². The molecule has 0 aliphatic heterocycles. The number of nitrogens with zero attached hydrogens (tertiary/aromatic N) is 3. The Morgan fingerprint density at radius 2 is 2.05 bits per heavy atom. The highest BCUT2D eigenvalue weighted by atomic mass is 16.5. The van der Waals surface area contributed by atoms with E-state index in [1.807, 2.05) is 30.3 Å². The van der Waals surface area contributed by atoms with E-state index in [2.05, 4.69) is 19.9 Å². The molecule has 0 spiro atoms. The van der Waals surface area contributed by atoms with Crippen LogP contribution in [0.15, 0.2) is 41.3 Å². The first-order valence-corrected chi connectivity index (χ1v) is 5.64. The molecular weight excluding hydrogens is 244 g/mol. The summed E-state index contributed by atoms with van der Waals surface area (Å²) in [6, 6.07) is 9.65. The SMILES string of the molecule is COc1nc(-c2cnc3ccccc3c2)[nH]c(=O)n1. The van der Waals surface area contributed by atoms with E-state index in [9.17, 15) is 4.79 Å². The minimum absolute atomic E-state index is 0.0342. The van der Waals surface area contributed by atoms with Crippen LogP contribution in [0.25, 0.3) is 22.3 Å². The van der Waals surface area contributed by atoms with E-state index in [0.717, 1.165) is 10.9 Å². The Morgan fingerprint density at radius 3 is 2.89 bits per heavy atom. The van der Waals surface area contributed by atoms with Gasteiger partial charge in [-0.3, -0.25) is 9.97 Å². The Balaban J connectivity index is 2.18. The molecule has 0 saturated carbocycles. The van der Waals surface area contributed by atoms with Crippen molar-refractivity contribution in [3.63, 3.8) is 0 Å². The van der Waals surface area contributed by atoms with Crippen LogP contribution in [-0.2, 0) is 0 Å². The number of benzene rings is 1. The van der Waals surface area contributed by atoms with Crippen molar-refractivity contribution in [3.05, 3.63) is 47.0 Å². The number of para-hydroxylation sites is 1. The first-order chi connectivity index (χ1) is 9.26. The Hall–Kier alpha value is -2.76. The molecule has 0 bridgehead atoms. The number of hydrogen-bond donors (Lipinski definition) is 1. The number of rotatable bonds is 2. The third-order valence-corrected chi connectivity index (χ3v) is 2.68. The van der Waals surface area contributed by atoms with E-state index in [1.54, 1.807) is 6.20 Å². The quantitative estimate of drug-likeness (QED) is 0.747. The first kappa shape index (κ1) is 11.3. The van der Waals surface area contributed by atoms with Crippen LogP contribution in [0.1, 0.15) is 0 Å². The van der Waals surface area contributed by atoms with Crippen LogP contribution < -0.4 is 10.4 Å². The summed E-state index contributed by atoms with van der Waals surface area (Å²) in [5, 5.41) is 0.971. The van der Waals surface area contributed by atoms with Gasteiger partial charge in [-0.2, -0.15) is 4.98 Å². The molecule has 1 aromatic carbocycles. The van der Waals surface area contributed by atoms with Crippen LogP contribution in [0, 0.1) is 0 Å². The van der Waals surface area contributed by atoms with Crippen molar-refractivity contribution in [1.29, 1.82) is 0 Å². The fraction of sp³-hybridized carbons (Fsp3) is 0.0769. The molecule has 6 heteroatoms. The van der Waals surface area contributed by atoms with Crippen LogP contribution in [0.3, 0.4) is 0 Å². The molecule has 0 unspecified atom stereocenters. The molecule has 0 radical (unpaired) electrons. The Bertz CT molecular complexity index is 798. The molecule has 94 valence electrons. The number of aromatic nitrogens is 4. The van der Waals surface area contributed by atoms with Crippen molar-refractivity contribution in [2.24, 2.45) is 0 Å². The van der Waals surface area contributed by atoms with Crippen LogP contribution >= 0.6 is 0 Å². The number of H-pyrrole nitrogens is 1. The van der Waals surface area contributed by atoms with Crippen LogP contribution in [0.4, 0.5) is 0 Å². The summed E-state index contributed by atoms with van der Waals surface area (Å²) >= 11 is 0. The normalized spacial score (nSPS) is 10.6. The van der Waals surface area contributed by atoms with E-state index >= 15 is 0 Å². The lowest BCUT2D eigenvalue weighted by Gasteiger charge is -2.03. The highest BCUT2D eigenvalue weighted by Gasteiger charge is 2.06. The van der Waals surface area contributed by atoms with Gasteiger partial charge in [0.05, 0.1) is 12.6 Å². The third kappa shape index (κ3) is 2.15. The van der Waals surface area contributed by atoms with Gasteiger partial charge in [-0.15, -0.1) is 4.98 Å². The van der Waals surface area contributed by atoms with Gasteiger partial charge in [0, 0.05) is 17.1 Å². The predicted molar refractivity (Wildman–Crippen MR) is 69.9 cm³/mol. The number of aromatic amines is 1. The third-order valence-electron chi connectivity index (χ3n) is 2.68. The monoisotopic (exact) mass is 254 g/mol. The lowest BCUT2D eigenvalue weighted by atomic mass is 10.1. The molecule has 2 heterocycles. The van der Waals surface area contributed by atoms with Gasteiger partial charge in [-0.1, -0.05) is 18.2 Å². The van der Waals surface area contributed by atoms with E-state index in [-0.39, 0.29) is 6.01 Å². The minimum Gasteiger partial charge on any atom is -0.467 e. The zero-order chi connectivity index (χ0) is 13.2. The van der Waals surface area contributed by atoms with Crippen molar-refractivity contribution in [1.82, 2.24) is 19.9 Å². The number of hydrogen-bond acceptors (Lipinski definition) is 5. The van der Waals surface area contributed by atoms with Gasteiger partial charge in [-0.25, -0.2) is 4.79 Å². The topological polar surface area (TPSA) is 80.8 Å². The molecule has 0 amide bonds. The van der Waals surface area contributed by atoms with Crippen LogP contribution in [-0.4, -0.2) is 27.0 Å². The van der Waals surface area contributed by atoms with Crippen LogP contribution in [0.5, 0.6) is 6.01 Å². The zero-order valence-electron chi connectivity index (χ0n) is 10.1. The summed E-state index contributed by atoms with van der Waals surface area (Å²) in [6.45, 7) is 0. The summed E-state index contributed by atoms with van der Waals surface area (Å²) in [4.78, 5) is 26.0. The molecule has 3 aromatic rings. The lowest BCUT2D eigenvalue weighted by Crippen LogP contribution is -2.14. The first-order valence-electron chi connectivity index (χ1n) is 5.64. The van der Waals surface area contributed by atoms with Gasteiger partial charge in [0.1, 0.15) is 5.82 Å². The van der Waals surface area contributed by atoms with Gasteiger partial charge in [-0.05, 0) is 12.1 Å². The zero-order valence-corrected chi connectivity index (χ0v) is 10.1. The largest absolute Gasteiger partial charge is 0.467 e. The maximum atomic E-state index is 11.4. The second kappa shape index (κ2) is 4.49.